The first kappa shape index (κ1) is 18.7. The van der Waals surface area contributed by atoms with E-state index < -0.39 is 11.9 Å². The fourth-order valence-corrected chi connectivity index (χ4v) is 2.67. The Kier molecular flexibility index (Phi) is 5.38. The van der Waals surface area contributed by atoms with Gasteiger partial charge >= 0.3 is 5.97 Å². The lowest BCUT2D eigenvalue weighted by Gasteiger charge is -2.04. The predicted molar refractivity (Wildman–Crippen MR) is 105 cm³/mol. The molecule has 0 aliphatic heterocycles. The van der Waals surface area contributed by atoms with E-state index in [1.807, 2.05) is 19.1 Å². The molecule has 0 fully saturated rings. The molecule has 0 unspecified atom stereocenters. The van der Waals surface area contributed by atoms with Gasteiger partial charge in [-0.25, -0.2) is 4.79 Å². The van der Waals surface area contributed by atoms with Crippen LogP contribution in [0.5, 0.6) is 0 Å². The van der Waals surface area contributed by atoms with Crippen molar-refractivity contribution in [2.75, 3.05) is 5.32 Å². The average molecular weight is 372 g/mol. The number of anilines is 1. The number of aryl methyl sites for hydroxylation is 1. The lowest BCUT2D eigenvalue weighted by Crippen LogP contribution is -2.13. The van der Waals surface area contributed by atoms with Crippen LogP contribution in [-0.4, -0.2) is 17.0 Å². The lowest BCUT2D eigenvalue weighted by atomic mass is 10.1. The summed E-state index contributed by atoms with van der Waals surface area (Å²) < 4.78 is 5.64. The van der Waals surface area contributed by atoms with E-state index in [1.165, 1.54) is 12.1 Å². The van der Waals surface area contributed by atoms with Crippen molar-refractivity contribution >= 4 is 23.6 Å². The molecule has 6 heteroatoms. The summed E-state index contributed by atoms with van der Waals surface area (Å²) in [5, 5.41) is 21.3. The molecule has 138 valence electrons. The van der Waals surface area contributed by atoms with Gasteiger partial charge in [0.2, 0.25) is 0 Å². The summed E-state index contributed by atoms with van der Waals surface area (Å²) in [6.45, 7) is 1.90. The summed E-state index contributed by atoms with van der Waals surface area (Å²) in [5.74, 6) is -1.02. The maximum absolute atomic E-state index is 12.4. The third-order valence-corrected chi connectivity index (χ3v) is 3.98. The van der Waals surface area contributed by atoms with Gasteiger partial charge in [-0.05, 0) is 42.8 Å². The third kappa shape index (κ3) is 4.17. The number of carbonyl (C=O) groups excluding carboxylic acids is 1. The van der Waals surface area contributed by atoms with Crippen LogP contribution in [0.25, 0.3) is 17.4 Å². The molecule has 1 amide bonds. The van der Waals surface area contributed by atoms with E-state index >= 15 is 0 Å². The number of nitrogens with zero attached hydrogens (tertiary/aromatic N) is 1. The van der Waals surface area contributed by atoms with Gasteiger partial charge < -0.3 is 14.8 Å². The molecule has 0 saturated carbocycles. The number of rotatable bonds is 5. The van der Waals surface area contributed by atoms with Crippen LogP contribution < -0.4 is 5.32 Å². The Morgan fingerprint density at radius 2 is 1.89 bits per heavy atom. The highest BCUT2D eigenvalue weighted by atomic mass is 16.4. The Hall–Kier alpha value is -4.11. The van der Waals surface area contributed by atoms with Gasteiger partial charge in [0.15, 0.2) is 0 Å². The second-order valence-corrected chi connectivity index (χ2v) is 6.05. The molecule has 3 aromatic rings. The smallest absolute Gasteiger partial charge is 0.336 e. The standard InChI is InChI=1S/C22H16N2O4/c1-14-5-4-6-16(11-14)24-21(25)15(13-23)12-17-9-10-20(28-17)18-7-2-3-8-19(18)22(26)27/h2-12H,1H3,(H,24,25)(H,26,27). The van der Waals surface area contributed by atoms with Crippen molar-refractivity contribution < 1.29 is 19.1 Å². The molecule has 2 aromatic carbocycles. The maximum atomic E-state index is 12.4. The van der Waals surface area contributed by atoms with Gasteiger partial charge in [0, 0.05) is 17.3 Å². The fraction of sp³-hybridized carbons (Fsp3) is 0.0455. The van der Waals surface area contributed by atoms with Crippen LogP contribution in [0.4, 0.5) is 5.69 Å². The second-order valence-electron chi connectivity index (χ2n) is 6.05. The summed E-state index contributed by atoms with van der Waals surface area (Å²) in [6.07, 6.45) is 1.32. The number of carbonyl (C=O) groups is 2. The van der Waals surface area contributed by atoms with E-state index in [9.17, 15) is 20.0 Å². The zero-order valence-electron chi connectivity index (χ0n) is 15.0. The van der Waals surface area contributed by atoms with Gasteiger partial charge in [0.1, 0.15) is 23.2 Å². The molecule has 0 atom stereocenters. The number of benzene rings is 2. The van der Waals surface area contributed by atoms with E-state index in [1.54, 1.807) is 48.5 Å². The first-order valence-electron chi connectivity index (χ1n) is 8.40. The monoisotopic (exact) mass is 372 g/mol. The van der Waals surface area contributed by atoms with Crippen molar-refractivity contribution in [2.24, 2.45) is 0 Å². The minimum absolute atomic E-state index is 0.102. The largest absolute Gasteiger partial charge is 0.478 e. The quantitative estimate of drug-likeness (QED) is 0.507. The Bertz CT molecular complexity index is 1120. The summed E-state index contributed by atoms with van der Waals surface area (Å²) >= 11 is 0. The van der Waals surface area contributed by atoms with Crippen LogP contribution in [-0.2, 0) is 4.79 Å². The van der Waals surface area contributed by atoms with Crippen molar-refractivity contribution in [3.05, 3.63) is 83.1 Å². The van der Waals surface area contributed by atoms with E-state index in [4.69, 9.17) is 4.42 Å². The molecule has 28 heavy (non-hydrogen) atoms. The van der Waals surface area contributed by atoms with E-state index in [0.717, 1.165) is 5.56 Å². The molecule has 0 saturated heterocycles. The van der Waals surface area contributed by atoms with Gasteiger partial charge in [-0.2, -0.15) is 5.26 Å². The molecule has 1 aromatic heterocycles. The van der Waals surface area contributed by atoms with Crippen LogP contribution in [0.3, 0.4) is 0 Å². The first-order valence-corrected chi connectivity index (χ1v) is 8.40. The van der Waals surface area contributed by atoms with Gasteiger partial charge in [-0.1, -0.05) is 30.3 Å². The molecule has 0 aliphatic rings. The Labute approximate surface area is 161 Å². The summed E-state index contributed by atoms with van der Waals surface area (Å²) in [6, 6.07) is 18.7. The SMILES string of the molecule is Cc1cccc(NC(=O)C(C#N)=Cc2ccc(-c3ccccc3C(=O)O)o2)c1. The highest BCUT2D eigenvalue weighted by molar-refractivity contribution is 6.09. The predicted octanol–water partition coefficient (Wildman–Crippen LogP) is 4.50. The molecule has 6 nitrogen and oxygen atoms in total. The van der Waals surface area contributed by atoms with E-state index in [-0.39, 0.29) is 16.9 Å². The number of furan rings is 1. The summed E-state index contributed by atoms with van der Waals surface area (Å²) in [4.78, 5) is 23.7. The molecule has 2 N–H and O–H groups in total. The van der Waals surface area contributed by atoms with Crippen molar-refractivity contribution in [2.45, 2.75) is 6.92 Å². The van der Waals surface area contributed by atoms with Gasteiger partial charge in [0.25, 0.3) is 5.91 Å². The maximum Gasteiger partial charge on any atom is 0.336 e. The summed E-state index contributed by atoms with van der Waals surface area (Å²) in [7, 11) is 0. The number of nitriles is 1. The van der Waals surface area contributed by atoms with Gasteiger partial charge in [-0.3, -0.25) is 4.79 Å². The minimum atomic E-state index is -1.07. The lowest BCUT2D eigenvalue weighted by molar-refractivity contribution is -0.112. The molecular weight excluding hydrogens is 356 g/mol. The molecular formula is C22H16N2O4. The number of hydrogen-bond donors (Lipinski definition) is 2. The second kappa shape index (κ2) is 8.06. The van der Waals surface area contributed by atoms with Gasteiger partial charge in [0.05, 0.1) is 5.56 Å². The van der Waals surface area contributed by atoms with E-state index in [0.29, 0.717) is 17.0 Å². The first-order chi connectivity index (χ1) is 13.5. The van der Waals surface area contributed by atoms with Gasteiger partial charge in [-0.15, -0.1) is 0 Å². The average Bonchev–Trinajstić information content (AvgIpc) is 3.14. The topological polar surface area (TPSA) is 103 Å². The molecule has 0 radical (unpaired) electrons. The minimum Gasteiger partial charge on any atom is -0.478 e. The highest BCUT2D eigenvalue weighted by Crippen LogP contribution is 2.27. The number of carboxylic acid groups (broad SMARTS) is 1. The van der Waals surface area contributed by atoms with Crippen LogP contribution in [0.15, 0.2) is 70.7 Å². The van der Waals surface area contributed by atoms with Crippen molar-refractivity contribution in [1.82, 2.24) is 0 Å². The van der Waals surface area contributed by atoms with Crippen LogP contribution in [0, 0.1) is 18.3 Å². The number of nitrogens with one attached hydrogen (secondary N) is 1. The van der Waals surface area contributed by atoms with Crippen molar-refractivity contribution in [3.8, 4) is 17.4 Å². The van der Waals surface area contributed by atoms with Crippen molar-refractivity contribution in [1.29, 1.82) is 5.26 Å². The number of hydrogen-bond acceptors (Lipinski definition) is 4. The normalized spacial score (nSPS) is 10.9. The molecule has 1 heterocycles. The highest BCUT2D eigenvalue weighted by Gasteiger charge is 2.15. The zero-order valence-corrected chi connectivity index (χ0v) is 15.0. The molecule has 0 aliphatic carbocycles. The number of carboxylic acids is 1. The zero-order chi connectivity index (χ0) is 20.1. The number of amides is 1. The summed E-state index contributed by atoms with van der Waals surface area (Å²) in [5.41, 5.74) is 1.95. The fourth-order valence-electron chi connectivity index (χ4n) is 2.67. The Morgan fingerprint density at radius 1 is 1.11 bits per heavy atom. The van der Waals surface area contributed by atoms with E-state index in [2.05, 4.69) is 5.32 Å². The Morgan fingerprint density at radius 3 is 2.61 bits per heavy atom. The third-order valence-electron chi connectivity index (χ3n) is 3.98. The molecule has 0 spiro atoms. The number of aromatic carboxylic acids is 1. The molecule has 0 bridgehead atoms. The van der Waals surface area contributed by atoms with Crippen molar-refractivity contribution in [3.63, 3.8) is 0 Å². The molecule has 3 rings (SSSR count). The van der Waals surface area contributed by atoms with Crippen LogP contribution in [0.1, 0.15) is 21.7 Å². The van der Waals surface area contributed by atoms with Crippen LogP contribution >= 0.6 is 0 Å². The van der Waals surface area contributed by atoms with Crippen LogP contribution in [0.2, 0.25) is 0 Å². The Balaban J connectivity index is 1.86.